The van der Waals surface area contributed by atoms with Gasteiger partial charge in [-0.3, -0.25) is 14.8 Å². The van der Waals surface area contributed by atoms with Crippen LogP contribution in [0.1, 0.15) is 27.6 Å². The number of fused-ring (bicyclic) bond motifs is 1. The SMILES string of the molecule is Cc1nc(CN2CC[C@@H](NC(=O)c3n[nH]c4ccccc34)[C@H](O)C2)cs1. The molecule has 1 aliphatic rings. The number of aromatic nitrogens is 3. The number of carbonyl (C=O) groups excluding carboxylic acids is 1. The van der Waals surface area contributed by atoms with Crippen LogP contribution in [0.25, 0.3) is 10.9 Å². The van der Waals surface area contributed by atoms with Gasteiger partial charge in [0.1, 0.15) is 0 Å². The van der Waals surface area contributed by atoms with Crippen molar-refractivity contribution in [3.8, 4) is 0 Å². The third kappa shape index (κ3) is 3.48. The Labute approximate surface area is 155 Å². The molecule has 1 aliphatic heterocycles. The van der Waals surface area contributed by atoms with Crippen molar-refractivity contribution < 1.29 is 9.90 Å². The van der Waals surface area contributed by atoms with Crippen molar-refractivity contribution in [1.82, 2.24) is 25.4 Å². The number of nitrogens with zero attached hydrogens (tertiary/aromatic N) is 3. The van der Waals surface area contributed by atoms with E-state index in [1.807, 2.05) is 31.2 Å². The van der Waals surface area contributed by atoms with E-state index in [0.717, 1.165) is 34.7 Å². The maximum absolute atomic E-state index is 12.6. The number of aryl methyl sites for hydroxylation is 1. The summed E-state index contributed by atoms with van der Waals surface area (Å²) in [7, 11) is 0. The van der Waals surface area contributed by atoms with Gasteiger partial charge >= 0.3 is 0 Å². The fourth-order valence-electron chi connectivity index (χ4n) is 3.39. The minimum atomic E-state index is -0.613. The van der Waals surface area contributed by atoms with E-state index >= 15 is 0 Å². The first-order valence-corrected chi connectivity index (χ1v) is 9.53. The molecule has 0 bridgehead atoms. The normalized spacial score (nSPS) is 21.2. The van der Waals surface area contributed by atoms with E-state index in [0.29, 0.717) is 18.7 Å². The average Bonchev–Trinajstić information content (AvgIpc) is 3.23. The Morgan fingerprint density at radius 3 is 3.08 bits per heavy atom. The summed E-state index contributed by atoms with van der Waals surface area (Å²) in [5, 5.41) is 24.3. The Kier molecular flexibility index (Phi) is 4.71. The van der Waals surface area contributed by atoms with Crippen LogP contribution in [0, 0.1) is 6.92 Å². The van der Waals surface area contributed by atoms with Gasteiger partial charge in [0.25, 0.3) is 5.91 Å². The Balaban J connectivity index is 1.38. The molecule has 0 radical (unpaired) electrons. The lowest BCUT2D eigenvalue weighted by atomic mass is 10.0. The number of thiazole rings is 1. The van der Waals surface area contributed by atoms with Gasteiger partial charge in [0, 0.05) is 30.4 Å². The molecule has 3 N–H and O–H groups in total. The molecule has 3 heterocycles. The van der Waals surface area contributed by atoms with Gasteiger partial charge in [-0.2, -0.15) is 5.10 Å². The predicted octanol–water partition coefficient (Wildman–Crippen LogP) is 1.69. The number of likely N-dealkylation sites (tertiary alicyclic amines) is 1. The van der Waals surface area contributed by atoms with Crippen LogP contribution in [-0.2, 0) is 6.54 Å². The van der Waals surface area contributed by atoms with Crippen LogP contribution in [0.2, 0.25) is 0 Å². The molecule has 1 amide bonds. The number of benzene rings is 1. The molecule has 0 spiro atoms. The lowest BCUT2D eigenvalue weighted by Gasteiger charge is -2.35. The summed E-state index contributed by atoms with van der Waals surface area (Å²) >= 11 is 1.63. The maximum atomic E-state index is 12.6. The number of H-pyrrole nitrogens is 1. The molecular formula is C18H21N5O2S. The highest BCUT2D eigenvalue weighted by Gasteiger charge is 2.30. The van der Waals surface area contributed by atoms with Crippen molar-refractivity contribution >= 4 is 28.1 Å². The first-order chi connectivity index (χ1) is 12.6. The number of aromatic amines is 1. The number of nitrogens with one attached hydrogen (secondary N) is 2. The van der Waals surface area contributed by atoms with Crippen LogP contribution in [0.4, 0.5) is 0 Å². The second-order valence-electron chi connectivity index (χ2n) is 6.65. The van der Waals surface area contributed by atoms with Gasteiger partial charge in [0.15, 0.2) is 5.69 Å². The summed E-state index contributed by atoms with van der Waals surface area (Å²) in [6.07, 6.45) is 0.0795. The maximum Gasteiger partial charge on any atom is 0.272 e. The van der Waals surface area contributed by atoms with E-state index in [9.17, 15) is 9.90 Å². The third-order valence-electron chi connectivity index (χ3n) is 4.72. The van der Waals surface area contributed by atoms with E-state index in [1.165, 1.54) is 0 Å². The zero-order valence-corrected chi connectivity index (χ0v) is 15.3. The Morgan fingerprint density at radius 1 is 1.46 bits per heavy atom. The van der Waals surface area contributed by atoms with E-state index in [1.54, 1.807) is 11.3 Å². The fraction of sp³-hybridized carbons (Fsp3) is 0.389. The summed E-state index contributed by atoms with van der Waals surface area (Å²) in [6.45, 7) is 4.04. The highest BCUT2D eigenvalue weighted by atomic mass is 32.1. The summed E-state index contributed by atoms with van der Waals surface area (Å²) in [4.78, 5) is 19.2. The molecule has 2 aromatic heterocycles. The van der Waals surface area contributed by atoms with Crippen molar-refractivity contribution in [3.63, 3.8) is 0 Å². The number of piperidine rings is 1. The van der Waals surface area contributed by atoms with E-state index < -0.39 is 6.10 Å². The molecule has 4 rings (SSSR count). The highest BCUT2D eigenvalue weighted by molar-refractivity contribution is 7.09. The van der Waals surface area contributed by atoms with Crippen LogP contribution >= 0.6 is 11.3 Å². The van der Waals surface area contributed by atoms with Crippen molar-refractivity contribution in [2.75, 3.05) is 13.1 Å². The molecule has 0 saturated carbocycles. The monoisotopic (exact) mass is 371 g/mol. The minimum absolute atomic E-state index is 0.255. The smallest absolute Gasteiger partial charge is 0.272 e. The summed E-state index contributed by atoms with van der Waals surface area (Å²) in [5.74, 6) is -0.255. The average molecular weight is 371 g/mol. The molecule has 8 heteroatoms. The molecule has 1 saturated heterocycles. The van der Waals surface area contributed by atoms with Gasteiger partial charge in [0.2, 0.25) is 0 Å². The topological polar surface area (TPSA) is 94.1 Å². The predicted molar refractivity (Wildman–Crippen MR) is 100 cm³/mol. The summed E-state index contributed by atoms with van der Waals surface area (Å²) in [5.41, 5.74) is 2.23. The number of amides is 1. The van der Waals surface area contributed by atoms with Crippen LogP contribution < -0.4 is 5.32 Å². The quantitative estimate of drug-likeness (QED) is 0.649. The zero-order chi connectivity index (χ0) is 18.1. The number of rotatable bonds is 4. The molecule has 1 fully saturated rings. The molecule has 3 aromatic rings. The fourth-order valence-corrected chi connectivity index (χ4v) is 4.00. The highest BCUT2D eigenvalue weighted by Crippen LogP contribution is 2.18. The number of para-hydroxylation sites is 1. The van der Waals surface area contributed by atoms with Crippen LogP contribution in [0.5, 0.6) is 0 Å². The summed E-state index contributed by atoms with van der Waals surface area (Å²) in [6, 6.07) is 7.24. The van der Waals surface area contributed by atoms with Gasteiger partial charge in [-0.25, -0.2) is 4.98 Å². The number of β-amino-alcohol motifs (C(OH)–C–C–N with tert-alkyl or cyclic N) is 1. The molecule has 26 heavy (non-hydrogen) atoms. The third-order valence-corrected chi connectivity index (χ3v) is 5.54. The standard InChI is InChI=1S/C18H21N5O2S/c1-11-19-12(10-26-11)8-23-7-6-15(16(24)9-23)20-18(25)17-13-4-2-3-5-14(13)21-22-17/h2-5,10,15-16,24H,6-9H2,1H3,(H,20,25)(H,21,22)/t15-,16-/m1/s1. The van der Waals surface area contributed by atoms with Gasteiger partial charge in [-0.1, -0.05) is 18.2 Å². The first kappa shape index (κ1) is 17.1. The number of carbonyl (C=O) groups is 1. The number of hydrogen-bond acceptors (Lipinski definition) is 6. The van der Waals surface area contributed by atoms with Crippen molar-refractivity contribution in [1.29, 1.82) is 0 Å². The second-order valence-corrected chi connectivity index (χ2v) is 7.71. The van der Waals surface area contributed by atoms with Crippen LogP contribution in [0.15, 0.2) is 29.6 Å². The zero-order valence-electron chi connectivity index (χ0n) is 14.5. The number of aliphatic hydroxyl groups excluding tert-OH is 1. The van der Waals surface area contributed by atoms with Gasteiger partial charge in [0.05, 0.1) is 28.4 Å². The van der Waals surface area contributed by atoms with E-state index in [-0.39, 0.29) is 11.9 Å². The first-order valence-electron chi connectivity index (χ1n) is 8.65. The van der Waals surface area contributed by atoms with Gasteiger partial charge in [-0.05, 0) is 19.4 Å². The lowest BCUT2D eigenvalue weighted by Crippen LogP contribution is -2.53. The van der Waals surface area contributed by atoms with E-state index in [2.05, 4.69) is 30.8 Å². The second kappa shape index (κ2) is 7.14. The largest absolute Gasteiger partial charge is 0.390 e. The lowest BCUT2D eigenvalue weighted by molar-refractivity contribution is 0.0345. The van der Waals surface area contributed by atoms with Gasteiger partial charge in [-0.15, -0.1) is 11.3 Å². The van der Waals surface area contributed by atoms with Crippen molar-refractivity contribution in [2.24, 2.45) is 0 Å². The molecule has 7 nitrogen and oxygen atoms in total. The van der Waals surface area contributed by atoms with Crippen LogP contribution in [0.3, 0.4) is 0 Å². The van der Waals surface area contributed by atoms with Crippen molar-refractivity contribution in [2.45, 2.75) is 32.0 Å². The Morgan fingerprint density at radius 2 is 2.31 bits per heavy atom. The van der Waals surface area contributed by atoms with E-state index in [4.69, 9.17) is 0 Å². The molecular weight excluding hydrogens is 350 g/mol. The number of hydrogen-bond donors (Lipinski definition) is 3. The Hall–Kier alpha value is -2.29. The molecule has 136 valence electrons. The van der Waals surface area contributed by atoms with Crippen LogP contribution in [-0.4, -0.2) is 56.3 Å². The Bertz CT molecular complexity index is 921. The molecule has 0 unspecified atom stereocenters. The summed E-state index contributed by atoms with van der Waals surface area (Å²) < 4.78 is 0. The minimum Gasteiger partial charge on any atom is -0.390 e. The van der Waals surface area contributed by atoms with Gasteiger partial charge < -0.3 is 10.4 Å². The number of aliphatic hydroxyl groups is 1. The molecule has 0 aliphatic carbocycles. The molecule has 1 aromatic carbocycles. The van der Waals surface area contributed by atoms with Crippen molar-refractivity contribution in [3.05, 3.63) is 46.0 Å². The molecule has 2 atom stereocenters.